The van der Waals surface area contributed by atoms with Crippen LogP contribution in [-0.2, 0) is 12.6 Å². The van der Waals surface area contributed by atoms with Gasteiger partial charge >= 0.3 is 6.18 Å². The molecule has 5 N–H and O–H groups in total. The van der Waals surface area contributed by atoms with Crippen molar-refractivity contribution in [1.29, 1.82) is 0 Å². The van der Waals surface area contributed by atoms with Crippen LogP contribution in [0.3, 0.4) is 0 Å². The number of H-pyrrole nitrogens is 1. The Morgan fingerprint density at radius 3 is 2.55 bits per heavy atom. The molecule has 2 aromatic carbocycles. The molecule has 148 valence electrons. The number of halogens is 3. The van der Waals surface area contributed by atoms with E-state index in [0.29, 0.717) is 30.3 Å². The molecule has 0 aliphatic carbocycles. The fourth-order valence-corrected chi connectivity index (χ4v) is 3.10. The molecule has 6 nitrogen and oxygen atoms in total. The Hall–Kier alpha value is -3.46. The third-order valence-corrected chi connectivity index (χ3v) is 4.40. The van der Waals surface area contributed by atoms with Crippen molar-refractivity contribution in [2.45, 2.75) is 12.6 Å². The summed E-state index contributed by atoms with van der Waals surface area (Å²) in [4.78, 5) is 8.69. The molecule has 0 radical (unpaired) electrons. The number of hydrogen-bond acceptors (Lipinski definition) is 4. The SMILES string of the molecule is [NH3+]CCc1cc(Nc2n[nH]c3ccccc23)nc(-c2ccccc2C(F)(F)F)n1. The van der Waals surface area contributed by atoms with Gasteiger partial charge in [-0.05, 0) is 18.2 Å². The van der Waals surface area contributed by atoms with E-state index in [9.17, 15) is 13.2 Å². The highest BCUT2D eigenvalue weighted by molar-refractivity contribution is 5.91. The second-order valence-electron chi connectivity index (χ2n) is 6.46. The van der Waals surface area contributed by atoms with Crippen molar-refractivity contribution in [1.82, 2.24) is 20.2 Å². The molecule has 0 amide bonds. The summed E-state index contributed by atoms with van der Waals surface area (Å²) in [5.41, 5.74) is 4.40. The van der Waals surface area contributed by atoms with Crippen molar-refractivity contribution >= 4 is 22.5 Å². The number of nitrogens with one attached hydrogen (secondary N) is 2. The number of benzene rings is 2. The average Bonchev–Trinajstić information content (AvgIpc) is 3.10. The molecule has 4 aromatic rings. The first-order chi connectivity index (χ1) is 14.0. The summed E-state index contributed by atoms with van der Waals surface area (Å²) in [6, 6.07) is 14.5. The largest absolute Gasteiger partial charge is 0.417 e. The minimum atomic E-state index is -4.51. The standard InChI is InChI=1S/C20H17F3N6/c21-20(22,23)15-7-3-1-5-13(15)18-25-12(9-10-24)11-17(26-18)27-19-14-6-2-4-8-16(14)28-29-19/h1-8,11H,9-10,24H2,(H2,25,26,27,28,29)/p+1. The zero-order valence-corrected chi connectivity index (χ0v) is 15.3. The zero-order chi connectivity index (χ0) is 20.4. The number of rotatable bonds is 5. The zero-order valence-electron chi connectivity index (χ0n) is 15.3. The molecule has 0 unspecified atom stereocenters. The van der Waals surface area contributed by atoms with Crippen LogP contribution >= 0.6 is 0 Å². The monoisotopic (exact) mass is 399 g/mol. The minimum absolute atomic E-state index is 0.00576. The third kappa shape index (κ3) is 3.90. The van der Waals surface area contributed by atoms with Gasteiger partial charge in [-0.1, -0.05) is 30.3 Å². The molecular weight excluding hydrogens is 381 g/mol. The van der Waals surface area contributed by atoms with Gasteiger partial charge in [-0.3, -0.25) is 5.10 Å². The summed E-state index contributed by atoms with van der Waals surface area (Å²) in [5, 5.41) is 11.1. The summed E-state index contributed by atoms with van der Waals surface area (Å²) in [6.07, 6.45) is -3.99. The van der Waals surface area contributed by atoms with Crippen LogP contribution < -0.4 is 11.1 Å². The van der Waals surface area contributed by atoms with E-state index in [1.807, 2.05) is 24.3 Å². The highest BCUT2D eigenvalue weighted by Gasteiger charge is 2.34. The number of hydrogen-bond donors (Lipinski definition) is 3. The Morgan fingerprint density at radius 1 is 1.00 bits per heavy atom. The molecule has 2 heterocycles. The number of quaternary nitrogens is 1. The van der Waals surface area contributed by atoms with Gasteiger partial charge in [0.05, 0.1) is 23.3 Å². The molecule has 0 bridgehead atoms. The van der Waals surface area contributed by atoms with E-state index in [0.717, 1.165) is 17.0 Å². The number of aromatic amines is 1. The molecule has 0 atom stereocenters. The molecule has 9 heteroatoms. The molecule has 0 spiro atoms. The van der Waals surface area contributed by atoms with Gasteiger partial charge in [-0.15, -0.1) is 0 Å². The maximum absolute atomic E-state index is 13.5. The highest BCUT2D eigenvalue weighted by Crippen LogP contribution is 2.36. The maximum atomic E-state index is 13.5. The molecule has 0 aliphatic heterocycles. The van der Waals surface area contributed by atoms with Crippen molar-refractivity contribution in [3.8, 4) is 11.4 Å². The van der Waals surface area contributed by atoms with Gasteiger partial charge in [0.15, 0.2) is 11.6 Å². The third-order valence-electron chi connectivity index (χ3n) is 4.40. The number of alkyl halides is 3. The van der Waals surface area contributed by atoms with Crippen molar-refractivity contribution in [3.63, 3.8) is 0 Å². The van der Waals surface area contributed by atoms with Crippen LogP contribution in [0.2, 0.25) is 0 Å². The Balaban J connectivity index is 1.80. The molecular formula is C20H18F3N6+. The van der Waals surface area contributed by atoms with E-state index in [2.05, 4.69) is 31.2 Å². The van der Waals surface area contributed by atoms with Gasteiger partial charge in [0, 0.05) is 23.4 Å². The average molecular weight is 399 g/mol. The quantitative estimate of drug-likeness (QED) is 0.478. The summed E-state index contributed by atoms with van der Waals surface area (Å²) < 4.78 is 40.4. The lowest BCUT2D eigenvalue weighted by molar-refractivity contribution is -0.366. The number of fused-ring (bicyclic) bond motifs is 1. The van der Waals surface area contributed by atoms with Crippen LogP contribution in [0.5, 0.6) is 0 Å². The smallest absolute Gasteiger partial charge is 0.357 e. The lowest BCUT2D eigenvalue weighted by Gasteiger charge is -2.13. The van der Waals surface area contributed by atoms with Crippen molar-refractivity contribution in [3.05, 3.63) is 65.9 Å². The Bertz CT molecular complexity index is 1150. The second kappa shape index (κ2) is 7.51. The van der Waals surface area contributed by atoms with E-state index < -0.39 is 11.7 Å². The lowest BCUT2D eigenvalue weighted by Crippen LogP contribution is -2.51. The molecule has 0 saturated heterocycles. The van der Waals surface area contributed by atoms with E-state index in [1.165, 1.54) is 18.2 Å². The maximum Gasteiger partial charge on any atom is 0.417 e. The van der Waals surface area contributed by atoms with Crippen LogP contribution in [-0.4, -0.2) is 26.7 Å². The van der Waals surface area contributed by atoms with E-state index in [1.54, 1.807) is 6.07 Å². The summed E-state index contributed by atoms with van der Waals surface area (Å²) in [7, 11) is 0. The summed E-state index contributed by atoms with van der Waals surface area (Å²) >= 11 is 0. The first-order valence-electron chi connectivity index (χ1n) is 8.99. The molecule has 0 aliphatic rings. The lowest BCUT2D eigenvalue weighted by atomic mass is 10.1. The highest BCUT2D eigenvalue weighted by atomic mass is 19.4. The van der Waals surface area contributed by atoms with Gasteiger partial charge in [0.1, 0.15) is 5.82 Å². The van der Waals surface area contributed by atoms with Gasteiger partial charge in [-0.2, -0.15) is 18.3 Å². The molecule has 0 fully saturated rings. The number of nitrogens with zero attached hydrogens (tertiary/aromatic N) is 3. The van der Waals surface area contributed by atoms with Gasteiger partial charge in [-0.25, -0.2) is 9.97 Å². The molecule has 2 aromatic heterocycles. The van der Waals surface area contributed by atoms with Crippen molar-refractivity contribution in [2.24, 2.45) is 0 Å². The van der Waals surface area contributed by atoms with Crippen LogP contribution in [0, 0.1) is 0 Å². The normalized spacial score (nSPS) is 11.7. The summed E-state index contributed by atoms with van der Waals surface area (Å²) in [5.74, 6) is 0.911. The predicted molar refractivity (Wildman–Crippen MR) is 103 cm³/mol. The van der Waals surface area contributed by atoms with E-state index in [4.69, 9.17) is 0 Å². The van der Waals surface area contributed by atoms with Gasteiger partial charge in [0.25, 0.3) is 0 Å². The number of anilines is 2. The minimum Gasteiger partial charge on any atom is -0.357 e. The van der Waals surface area contributed by atoms with E-state index >= 15 is 0 Å². The van der Waals surface area contributed by atoms with Crippen LogP contribution in [0.25, 0.3) is 22.3 Å². The fraction of sp³-hybridized carbons (Fsp3) is 0.150. The molecule has 0 saturated carbocycles. The Morgan fingerprint density at radius 2 is 1.76 bits per heavy atom. The van der Waals surface area contributed by atoms with Gasteiger partial charge in [0.2, 0.25) is 0 Å². The first kappa shape index (κ1) is 18.9. The van der Waals surface area contributed by atoms with Crippen LogP contribution in [0.1, 0.15) is 11.3 Å². The van der Waals surface area contributed by atoms with E-state index in [-0.39, 0.29) is 11.4 Å². The molecule has 29 heavy (non-hydrogen) atoms. The topological polar surface area (TPSA) is 94.1 Å². The van der Waals surface area contributed by atoms with Gasteiger partial charge < -0.3 is 11.1 Å². The first-order valence-corrected chi connectivity index (χ1v) is 8.99. The molecule has 4 rings (SSSR count). The van der Waals surface area contributed by atoms with Crippen LogP contribution in [0.15, 0.2) is 54.6 Å². The Labute approximate surface area is 164 Å². The number of para-hydroxylation sites is 1. The predicted octanol–water partition coefficient (Wildman–Crippen LogP) is 3.57. The Kier molecular flexibility index (Phi) is 4.89. The summed E-state index contributed by atoms with van der Waals surface area (Å²) in [6.45, 7) is 0.558. The second-order valence-corrected chi connectivity index (χ2v) is 6.46. The van der Waals surface area contributed by atoms with Crippen molar-refractivity contribution in [2.75, 3.05) is 11.9 Å². The number of aromatic nitrogens is 4. The van der Waals surface area contributed by atoms with Crippen LogP contribution in [0.4, 0.5) is 24.8 Å². The van der Waals surface area contributed by atoms with Crippen molar-refractivity contribution < 1.29 is 18.9 Å². The fourth-order valence-electron chi connectivity index (χ4n) is 3.10.